The molecule has 1 unspecified atom stereocenters. The van der Waals surface area contributed by atoms with Crippen LogP contribution in [-0.4, -0.2) is 48.1 Å². The van der Waals surface area contributed by atoms with Crippen LogP contribution < -0.4 is 10.1 Å². The molecule has 3 aromatic rings. The second-order valence-electron chi connectivity index (χ2n) is 9.84. The Morgan fingerprint density at radius 2 is 1.64 bits per heavy atom. The molecule has 0 radical (unpaired) electrons. The van der Waals surface area contributed by atoms with E-state index < -0.39 is 0 Å². The molecule has 2 aliphatic heterocycles. The quantitative estimate of drug-likeness (QED) is 0.482. The van der Waals surface area contributed by atoms with Crippen molar-refractivity contribution in [2.45, 2.75) is 51.2 Å². The van der Waals surface area contributed by atoms with Gasteiger partial charge in [0.05, 0.1) is 12.6 Å². The molecule has 0 aromatic heterocycles. The molecule has 36 heavy (non-hydrogen) atoms. The van der Waals surface area contributed by atoms with Crippen molar-refractivity contribution in [1.82, 2.24) is 15.1 Å². The van der Waals surface area contributed by atoms with E-state index in [4.69, 9.17) is 4.74 Å². The van der Waals surface area contributed by atoms with Crippen LogP contribution in [0.2, 0.25) is 0 Å². The summed E-state index contributed by atoms with van der Waals surface area (Å²) in [4.78, 5) is 18.3. The van der Waals surface area contributed by atoms with Gasteiger partial charge in [0, 0.05) is 32.2 Å². The van der Waals surface area contributed by atoms with Crippen LogP contribution in [0, 0.1) is 0 Å². The second kappa shape index (κ2) is 11.6. The lowest BCUT2D eigenvalue weighted by molar-refractivity contribution is 0.101. The number of rotatable bonds is 6. The third kappa shape index (κ3) is 5.57. The van der Waals surface area contributed by atoms with Crippen LogP contribution in [0.1, 0.15) is 54.5 Å². The van der Waals surface area contributed by atoms with Gasteiger partial charge < -0.3 is 15.0 Å². The minimum absolute atomic E-state index is 0.0607. The average molecular weight is 484 g/mol. The van der Waals surface area contributed by atoms with Crippen LogP contribution in [0.15, 0.2) is 78.9 Å². The third-order valence-electron chi connectivity index (χ3n) is 7.47. The number of aryl methyl sites for hydroxylation is 1. The predicted molar refractivity (Wildman–Crippen MR) is 144 cm³/mol. The van der Waals surface area contributed by atoms with Gasteiger partial charge in [0.25, 0.3) is 0 Å². The van der Waals surface area contributed by atoms with Crippen molar-refractivity contribution in [2.24, 2.45) is 0 Å². The summed E-state index contributed by atoms with van der Waals surface area (Å²) in [6.07, 6.45) is 3.87. The van der Waals surface area contributed by atoms with E-state index in [0.29, 0.717) is 13.2 Å². The Balaban J connectivity index is 1.37. The lowest BCUT2D eigenvalue weighted by Gasteiger charge is -2.43. The lowest BCUT2D eigenvalue weighted by atomic mass is 9.89. The Hall–Kier alpha value is -3.31. The number of likely N-dealkylation sites (tertiary alicyclic amines) is 1. The molecule has 1 fully saturated rings. The summed E-state index contributed by atoms with van der Waals surface area (Å²) in [5, 5.41) is 3.23. The van der Waals surface area contributed by atoms with Crippen molar-refractivity contribution in [2.75, 3.05) is 26.2 Å². The molecule has 0 aliphatic carbocycles. The second-order valence-corrected chi connectivity index (χ2v) is 9.84. The zero-order valence-corrected chi connectivity index (χ0v) is 21.2. The van der Waals surface area contributed by atoms with E-state index >= 15 is 0 Å². The summed E-state index contributed by atoms with van der Waals surface area (Å²) in [6, 6.07) is 27.9. The maximum absolute atomic E-state index is 13.7. The van der Waals surface area contributed by atoms with Gasteiger partial charge >= 0.3 is 6.03 Å². The van der Waals surface area contributed by atoms with Crippen molar-refractivity contribution < 1.29 is 9.53 Å². The van der Waals surface area contributed by atoms with Crippen LogP contribution in [0.25, 0.3) is 0 Å². The Labute approximate surface area is 215 Å². The first-order valence-corrected chi connectivity index (χ1v) is 13.4. The number of ether oxygens (including phenoxy) is 1. The molecule has 1 atom stereocenters. The van der Waals surface area contributed by atoms with Crippen LogP contribution in [0.3, 0.4) is 0 Å². The van der Waals surface area contributed by atoms with Crippen LogP contribution >= 0.6 is 0 Å². The highest BCUT2D eigenvalue weighted by Gasteiger charge is 2.36. The largest absolute Gasteiger partial charge is 0.494 e. The molecular weight excluding hydrogens is 446 g/mol. The van der Waals surface area contributed by atoms with E-state index in [9.17, 15) is 4.79 Å². The Morgan fingerprint density at radius 1 is 0.917 bits per heavy atom. The SMILES string of the molecule is CCOc1ccc(CN2CCC(N3C(=O)NCCCc4ccccc4C3c3ccccc3)CC2)cc1. The summed E-state index contributed by atoms with van der Waals surface area (Å²) >= 11 is 0. The summed E-state index contributed by atoms with van der Waals surface area (Å²) < 4.78 is 5.58. The molecule has 1 saturated heterocycles. The van der Waals surface area contributed by atoms with Gasteiger partial charge in [-0.3, -0.25) is 4.90 Å². The molecular formula is C31H37N3O2. The molecule has 0 spiro atoms. The molecule has 5 heteroatoms. The number of hydrogen-bond acceptors (Lipinski definition) is 3. The molecule has 3 aromatic carbocycles. The number of carbonyl (C=O) groups excluding carboxylic acids is 1. The van der Waals surface area contributed by atoms with Crippen LogP contribution in [-0.2, 0) is 13.0 Å². The van der Waals surface area contributed by atoms with Gasteiger partial charge in [-0.2, -0.15) is 0 Å². The van der Waals surface area contributed by atoms with Crippen LogP contribution in [0.5, 0.6) is 5.75 Å². The van der Waals surface area contributed by atoms with E-state index in [2.05, 4.69) is 87.9 Å². The number of piperidine rings is 1. The van der Waals surface area contributed by atoms with Gasteiger partial charge in [-0.1, -0.05) is 66.7 Å². The Morgan fingerprint density at radius 3 is 2.39 bits per heavy atom. The highest BCUT2D eigenvalue weighted by Crippen LogP contribution is 2.36. The summed E-state index contributed by atoms with van der Waals surface area (Å²) in [7, 11) is 0. The normalized spacial score (nSPS) is 19.5. The minimum Gasteiger partial charge on any atom is -0.494 e. The maximum Gasteiger partial charge on any atom is 0.318 e. The minimum atomic E-state index is -0.0804. The predicted octanol–water partition coefficient (Wildman–Crippen LogP) is 5.80. The molecule has 5 nitrogen and oxygen atoms in total. The van der Waals surface area contributed by atoms with Crippen molar-refractivity contribution in [3.05, 3.63) is 101 Å². The molecule has 0 bridgehead atoms. The molecule has 5 rings (SSSR count). The number of benzene rings is 3. The fraction of sp³-hybridized carbons (Fsp3) is 0.387. The van der Waals surface area contributed by atoms with Crippen molar-refractivity contribution in [3.63, 3.8) is 0 Å². The fourth-order valence-electron chi connectivity index (χ4n) is 5.68. The van der Waals surface area contributed by atoms with Gasteiger partial charge in [0.2, 0.25) is 0 Å². The number of urea groups is 1. The molecule has 2 amide bonds. The molecule has 0 saturated carbocycles. The third-order valence-corrected chi connectivity index (χ3v) is 7.47. The van der Waals surface area contributed by atoms with Gasteiger partial charge in [-0.25, -0.2) is 4.79 Å². The van der Waals surface area contributed by atoms with E-state index in [1.54, 1.807) is 0 Å². The number of nitrogens with zero attached hydrogens (tertiary/aromatic N) is 2. The fourth-order valence-corrected chi connectivity index (χ4v) is 5.68. The smallest absolute Gasteiger partial charge is 0.318 e. The first-order chi connectivity index (χ1) is 17.7. The number of hydrogen-bond donors (Lipinski definition) is 1. The van der Waals surface area contributed by atoms with E-state index in [0.717, 1.165) is 51.1 Å². The van der Waals surface area contributed by atoms with E-state index in [1.165, 1.54) is 22.3 Å². The Bertz CT molecular complexity index is 1120. The van der Waals surface area contributed by atoms with Gasteiger partial charge in [0.1, 0.15) is 5.75 Å². The van der Waals surface area contributed by atoms with Gasteiger partial charge in [-0.05, 0) is 67.0 Å². The summed E-state index contributed by atoms with van der Waals surface area (Å²) in [5.41, 5.74) is 5.09. The standard InChI is InChI=1S/C31H37N3O2/c1-2-36-28-16-14-24(15-17-28)23-33-21-18-27(19-22-33)34-30(26-10-4-3-5-11-26)29-13-7-6-9-25(29)12-8-20-32-31(34)35/h3-7,9-11,13-17,27,30H,2,8,12,18-23H2,1H3,(H,32,35). The maximum atomic E-state index is 13.7. The first kappa shape index (κ1) is 24.4. The van der Waals surface area contributed by atoms with Crippen molar-refractivity contribution in [1.29, 1.82) is 0 Å². The van der Waals surface area contributed by atoms with E-state index in [1.807, 2.05) is 13.0 Å². The van der Waals surface area contributed by atoms with Gasteiger partial charge in [0.15, 0.2) is 0 Å². The van der Waals surface area contributed by atoms with E-state index in [-0.39, 0.29) is 18.1 Å². The van der Waals surface area contributed by atoms with Crippen LogP contribution in [0.4, 0.5) is 4.79 Å². The van der Waals surface area contributed by atoms with Crippen molar-refractivity contribution >= 4 is 6.03 Å². The van der Waals surface area contributed by atoms with Gasteiger partial charge in [-0.15, -0.1) is 0 Å². The topological polar surface area (TPSA) is 44.8 Å². The number of nitrogens with one attached hydrogen (secondary N) is 1. The summed E-state index contributed by atoms with van der Waals surface area (Å²) in [5.74, 6) is 0.922. The lowest BCUT2D eigenvalue weighted by Crippen LogP contribution is -2.52. The zero-order valence-electron chi connectivity index (χ0n) is 21.2. The molecule has 2 aliphatic rings. The highest BCUT2D eigenvalue weighted by atomic mass is 16.5. The Kier molecular flexibility index (Phi) is 7.87. The monoisotopic (exact) mass is 483 g/mol. The average Bonchev–Trinajstić information content (AvgIpc) is 2.99. The molecule has 2 heterocycles. The first-order valence-electron chi connectivity index (χ1n) is 13.4. The number of fused-ring (bicyclic) bond motifs is 1. The molecule has 188 valence electrons. The highest BCUT2D eigenvalue weighted by molar-refractivity contribution is 5.76. The summed E-state index contributed by atoms with van der Waals surface area (Å²) in [6.45, 7) is 6.28. The van der Waals surface area contributed by atoms with Crippen molar-refractivity contribution in [3.8, 4) is 5.75 Å². The number of amides is 2. The molecule has 1 N–H and O–H groups in total. The number of carbonyl (C=O) groups is 1. The zero-order chi connectivity index (χ0) is 24.7.